The first kappa shape index (κ1) is 13.6. The Labute approximate surface area is 109 Å². The van der Waals surface area contributed by atoms with Crippen LogP contribution in [0.25, 0.3) is 0 Å². The fraction of sp³-hybridized carbons (Fsp3) is 0.923. The van der Waals surface area contributed by atoms with Crippen LogP contribution in [-0.2, 0) is 4.74 Å². The van der Waals surface area contributed by atoms with Gasteiger partial charge in [0.2, 0.25) is 0 Å². The first-order valence-electron chi connectivity index (χ1n) is 6.90. The summed E-state index contributed by atoms with van der Waals surface area (Å²) in [5.74, 6) is 0.503. The van der Waals surface area contributed by atoms with Crippen molar-refractivity contribution in [3.05, 3.63) is 0 Å². The van der Waals surface area contributed by atoms with E-state index in [1.807, 2.05) is 4.90 Å². The molecule has 0 saturated carbocycles. The van der Waals surface area contributed by atoms with Crippen LogP contribution >= 0.6 is 0 Å². The van der Waals surface area contributed by atoms with Gasteiger partial charge in [-0.2, -0.15) is 0 Å². The predicted molar refractivity (Wildman–Crippen MR) is 70.6 cm³/mol. The summed E-state index contributed by atoms with van der Waals surface area (Å²) >= 11 is 0. The average Bonchev–Trinajstić information content (AvgIpc) is 2.93. The zero-order chi connectivity index (χ0) is 13.1. The lowest BCUT2D eigenvalue weighted by Crippen LogP contribution is -2.36. The second-order valence-electron chi connectivity index (χ2n) is 5.69. The van der Waals surface area contributed by atoms with E-state index in [2.05, 4.69) is 24.1 Å². The number of nitrogens with zero attached hydrogens (tertiary/aromatic N) is 2. The Hall–Kier alpha value is -0.810. The summed E-state index contributed by atoms with van der Waals surface area (Å²) in [4.78, 5) is 16.1. The Bertz CT molecular complexity index is 296. The molecule has 18 heavy (non-hydrogen) atoms. The van der Waals surface area contributed by atoms with Crippen LogP contribution < -0.4 is 5.32 Å². The highest BCUT2D eigenvalue weighted by Crippen LogP contribution is 2.14. The molecule has 2 rings (SSSR count). The zero-order valence-corrected chi connectivity index (χ0v) is 11.7. The first-order chi connectivity index (χ1) is 8.60. The van der Waals surface area contributed by atoms with Gasteiger partial charge in [-0.1, -0.05) is 13.8 Å². The summed E-state index contributed by atoms with van der Waals surface area (Å²) < 4.78 is 5.35. The number of amides is 2. The van der Waals surface area contributed by atoms with Crippen LogP contribution in [0.1, 0.15) is 20.3 Å². The minimum absolute atomic E-state index is 0.0937. The molecule has 0 aromatic carbocycles. The van der Waals surface area contributed by atoms with Crippen LogP contribution in [-0.4, -0.2) is 67.8 Å². The largest absolute Gasteiger partial charge is 0.380 e. The highest BCUT2D eigenvalue weighted by molar-refractivity contribution is 5.76. The number of methoxy groups -OCH3 is 1. The van der Waals surface area contributed by atoms with Gasteiger partial charge in [0.1, 0.15) is 0 Å². The van der Waals surface area contributed by atoms with Crippen molar-refractivity contribution in [1.29, 1.82) is 0 Å². The molecule has 2 atom stereocenters. The zero-order valence-electron chi connectivity index (χ0n) is 11.7. The van der Waals surface area contributed by atoms with Crippen molar-refractivity contribution in [3.8, 4) is 0 Å². The van der Waals surface area contributed by atoms with Crippen LogP contribution in [0.4, 0.5) is 4.79 Å². The van der Waals surface area contributed by atoms with Gasteiger partial charge < -0.3 is 15.0 Å². The lowest BCUT2D eigenvalue weighted by Gasteiger charge is -2.20. The molecule has 104 valence electrons. The van der Waals surface area contributed by atoms with Crippen LogP contribution in [0.15, 0.2) is 0 Å². The molecule has 2 aliphatic rings. The van der Waals surface area contributed by atoms with Gasteiger partial charge in [0, 0.05) is 39.8 Å². The van der Waals surface area contributed by atoms with Crippen molar-refractivity contribution >= 4 is 6.03 Å². The smallest absolute Gasteiger partial charge is 0.317 e. The summed E-state index contributed by atoms with van der Waals surface area (Å²) in [5.41, 5.74) is 0. The number of carbonyl (C=O) groups excluding carboxylic acids is 1. The Morgan fingerprint density at radius 1 is 1.39 bits per heavy atom. The van der Waals surface area contributed by atoms with Crippen molar-refractivity contribution < 1.29 is 9.53 Å². The maximum Gasteiger partial charge on any atom is 0.317 e. The summed E-state index contributed by atoms with van der Waals surface area (Å²) in [6.07, 6.45) is 1.48. The van der Waals surface area contributed by atoms with Crippen molar-refractivity contribution in [2.45, 2.75) is 32.4 Å². The average molecular weight is 255 g/mol. The molecule has 0 bridgehead atoms. The second kappa shape index (κ2) is 5.89. The minimum Gasteiger partial charge on any atom is -0.380 e. The van der Waals surface area contributed by atoms with Crippen LogP contribution in [0, 0.1) is 5.92 Å². The number of rotatable bonds is 5. The molecule has 2 fully saturated rings. The lowest BCUT2D eigenvalue weighted by atomic mass is 10.1. The number of urea groups is 1. The summed E-state index contributed by atoms with van der Waals surface area (Å²) in [6.45, 7) is 9.01. The molecular weight excluding hydrogens is 230 g/mol. The molecular formula is C13H25N3O2. The molecule has 0 aromatic rings. The highest BCUT2D eigenvalue weighted by atomic mass is 16.5. The van der Waals surface area contributed by atoms with Gasteiger partial charge in [-0.25, -0.2) is 4.79 Å². The molecule has 5 nitrogen and oxygen atoms in total. The fourth-order valence-electron chi connectivity index (χ4n) is 2.64. The third-order valence-electron chi connectivity index (χ3n) is 4.07. The summed E-state index contributed by atoms with van der Waals surface area (Å²) in [6, 6.07) is 0.402. The standard InChI is InChI=1S/C13H25N3O2/c1-10(2)12-9-16(13(17)14-12)7-6-15-5-4-11(8-15)18-3/h10-12H,4-9H2,1-3H3,(H,14,17). The van der Waals surface area contributed by atoms with Gasteiger partial charge in [0.25, 0.3) is 0 Å². The van der Waals surface area contributed by atoms with E-state index in [0.29, 0.717) is 18.1 Å². The molecule has 2 amide bonds. The number of hydrogen-bond acceptors (Lipinski definition) is 3. The minimum atomic E-state index is 0.0937. The molecule has 1 N–H and O–H groups in total. The second-order valence-corrected chi connectivity index (χ2v) is 5.69. The van der Waals surface area contributed by atoms with Gasteiger partial charge in [0.05, 0.1) is 12.1 Å². The predicted octanol–water partition coefficient (Wildman–Crippen LogP) is 0.757. The van der Waals surface area contributed by atoms with E-state index in [9.17, 15) is 4.79 Å². The van der Waals surface area contributed by atoms with E-state index in [1.54, 1.807) is 7.11 Å². The van der Waals surface area contributed by atoms with E-state index in [0.717, 1.165) is 39.1 Å². The maximum atomic E-state index is 11.8. The van der Waals surface area contributed by atoms with Crippen LogP contribution in [0.5, 0.6) is 0 Å². The molecule has 0 aromatic heterocycles. The van der Waals surface area contributed by atoms with E-state index < -0.39 is 0 Å². The van der Waals surface area contributed by atoms with Crippen molar-refractivity contribution in [1.82, 2.24) is 15.1 Å². The highest BCUT2D eigenvalue weighted by Gasteiger charge is 2.31. The molecule has 2 aliphatic heterocycles. The van der Waals surface area contributed by atoms with Crippen LogP contribution in [0.2, 0.25) is 0 Å². The Morgan fingerprint density at radius 3 is 2.72 bits per heavy atom. The normalized spacial score (nSPS) is 29.3. The number of hydrogen-bond donors (Lipinski definition) is 1. The monoisotopic (exact) mass is 255 g/mol. The number of nitrogens with one attached hydrogen (secondary N) is 1. The summed E-state index contributed by atoms with van der Waals surface area (Å²) in [5, 5.41) is 3.04. The Kier molecular flexibility index (Phi) is 4.45. The summed E-state index contributed by atoms with van der Waals surface area (Å²) in [7, 11) is 1.77. The Balaban J connectivity index is 1.73. The first-order valence-corrected chi connectivity index (χ1v) is 6.90. The maximum absolute atomic E-state index is 11.8. The van der Waals surface area contributed by atoms with E-state index in [1.165, 1.54) is 0 Å². The number of ether oxygens (including phenoxy) is 1. The molecule has 0 spiro atoms. The van der Waals surface area contributed by atoms with E-state index >= 15 is 0 Å². The molecule has 5 heteroatoms. The molecule has 2 saturated heterocycles. The van der Waals surface area contributed by atoms with Crippen molar-refractivity contribution in [2.24, 2.45) is 5.92 Å². The molecule has 0 aliphatic carbocycles. The Morgan fingerprint density at radius 2 is 2.17 bits per heavy atom. The number of likely N-dealkylation sites (tertiary alicyclic amines) is 1. The van der Waals surface area contributed by atoms with E-state index in [-0.39, 0.29) is 6.03 Å². The van der Waals surface area contributed by atoms with Gasteiger partial charge in [0.15, 0.2) is 0 Å². The lowest BCUT2D eigenvalue weighted by molar-refractivity contribution is 0.107. The fourth-order valence-corrected chi connectivity index (χ4v) is 2.64. The van der Waals surface area contributed by atoms with Crippen molar-refractivity contribution in [2.75, 3.05) is 39.8 Å². The number of carbonyl (C=O) groups is 1. The molecule has 2 unspecified atom stereocenters. The van der Waals surface area contributed by atoms with E-state index in [4.69, 9.17) is 4.74 Å². The van der Waals surface area contributed by atoms with Gasteiger partial charge in [-0.15, -0.1) is 0 Å². The van der Waals surface area contributed by atoms with Gasteiger partial charge in [-0.3, -0.25) is 4.90 Å². The van der Waals surface area contributed by atoms with Gasteiger partial charge in [-0.05, 0) is 12.3 Å². The third kappa shape index (κ3) is 3.14. The third-order valence-corrected chi connectivity index (χ3v) is 4.07. The van der Waals surface area contributed by atoms with Crippen molar-refractivity contribution in [3.63, 3.8) is 0 Å². The topological polar surface area (TPSA) is 44.8 Å². The van der Waals surface area contributed by atoms with Crippen LogP contribution in [0.3, 0.4) is 0 Å². The SMILES string of the molecule is COC1CCN(CCN2CC(C(C)C)NC2=O)C1. The quantitative estimate of drug-likeness (QED) is 0.789. The van der Waals surface area contributed by atoms with Gasteiger partial charge >= 0.3 is 6.03 Å². The molecule has 0 radical (unpaired) electrons. The molecule has 2 heterocycles.